The van der Waals surface area contributed by atoms with Gasteiger partial charge in [0.1, 0.15) is 6.07 Å². The number of fused-ring (bicyclic) bond motifs is 5. The molecule has 4 saturated carbocycles. The van der Waals surface area contributed by atoms with Gasteiger partial charge in [-0.25, -0.2) is 0 Å². The van der Waals surface area contributed by atoms with Crippen molar-refractivity contribution in [2.24, 2.45) is 52.3 Å². The highest BCUT2D eigenvalue weighted by molar-refractivity contribution is 5.21. The molecule has 1 aromatic rings. The van der Waals surface area contributed by atoms with Crippen LogP contribution in [0, 0.1) is 63.6 Å². The van der Waals surface area contributed by atoms with Gasteiger partial charge in [-0.15, -0.1) is 0 Å². The molecule has 4 aliphatic rings. The quantitative estimate of drug-likeness (QED) is 0.485. The van der Waals surface area contributed by atoms with Gasteiger partial charge >= 0.3 is 0 Å². The summed E-state index contributed by atoms with van der Waals surface area (Å²) in [5.41, 5.74) is 0.497. The fourth-order valence-corrected chi connectivity index (χ4v) is 10.7. The van der Waals surface area contributed by atoms with Crippen molar-refractivity contribution >= 4 is 0 Å². The van der Waals surface area contributed by atoms with Gasteiger partial charge in [-0.2, -0.15) is 10.4 Å². The number of aliphatic hydroxyl groups is 1. The van der Waals surface area contributed by atoms with Crippen molar-refractivity contribution < 1.29 is 5.11 Å². The molecule has 1 N–H and O–H groups in total. The second-order valence-electron chi connectivity index (χ2n) is 14.1. The number of hydrogen-bond donors (Lipinski definition) is 1. The summed E-state index contributed by atoms with van der Waals surface area (Å²) in [4.78, 5) is 0. The summed E-state index contributed by atoms with van der Waals surface area (Å²) in [6.45, 7) is 12.6. The lowest BCUT2D eigenvalue weighted by atomic mass is 9.40. The third-order valence-corrected chi connectivity index (χ3v) is 11.9. The fraction of sp³-hybridized carbons (Fsp3) is 0.871. The molecule has 0 amide bonds. The molecule has 0 aliphatic heterocycles. The first-order valence-corrected chi connectivity index (χ1v) is 14.8. The second-order valence-corrected chi connectivity index (χ2v) is 14.1. The van der Waals surface area contributed by atoms with E-state index in [1.807, 2.05) is 6.92 Å². The second kappa shape index (κ2) is 9.20. The van der Waals surface area contributed by atoms with Crippen molar-refractivity contribution in [2.45, 2.75) is 117 Å². The Bertz CT molecular complexity index is 945. The molecule has 5 rings (SSSR count). The maximum atomic E-state index is 11.9. The molecule has 35 heavy (non-hydrogen) atoms. The molecule has 4 aliphatic carbocycles. The summed E-state index contributed by atoms with van der Waals surface area (Å²) in [6, 6.07) is 2.17. The topological polar surface area (TPSA) is 61.8 Å². The summed E-state index contributed by atoms with van der Waals surface area (Å²) in [6.07, 6.45) is 18.3. The molecule has 0 radical (unpaired) electrons. The molecule has 4 nitrogen and oxygen atoms in total. The van der Waals surface area contributed by atoms with E-state index in [9.17, 15) is 10.4 Å². The predicted octanol–water partition coefficient (Wildman–Crippen LogP) is 7.22. The fourth-order valence-electron chi connectivity index (χ4n) is 10.7. The van der Waals surface area contributed by atoms with Crippen LogP contribution in [0.25, 0.3) is 0 Å². The van der Waals surface area contributed by atoms with Crippen LogP contribution in [0.5, 0.6) is 0 Å². The van der Waals surface area contributed by atoms with E-state index in [0.717, 1.165) is 41.9 Å². The predicted molar refractivity (Wildman–Crippen MR) is 140 cm³/mol. The van der Waals surface area contributed by atoms with Crippen LogP contribution >= 0.6 is 0 Å². The monoisotopic (exact) mass is 479 g/mol. The molecular weight excluding hydrogens is 430 g/mol. The lowest BCUT2D eigenvalue weighted by Gasteiger charge is -2.65. The minimum Gasteiger partial charge on any atom is -0.388 e. The van der Waals surface area contributed by atoms with Crippen molar-refractivity contribution in [3.05, 3.63) is 18.0 Å². The van der Waals surface area contributed by atoms with E-state index < -0.39 is 5.60 Å². The van der Waals surface area contributed by atoms with Crippen LogP contribution in [0.15, 0.2) is 12.4 Å². The van der Waals surface area contributed by atoms with E-state index in [1.165, 1.54) is 64.2 Å². The van der Waals surface area contributed by atoms with E-state index in [-0.39, 0.29) is 11.3 Å². The van der Waals surface area contributed by atoms with Gasteiger partial charge in [0.15, 0.2) is 0 Å². The highest BCUT2D eigenvalue weighted by atomic mass is 16.3. The Balaban J connectivity index is 1.38. The zero-order valence-electron chi connectivity index (χ0n) is 23.0. The molecular formula is C31H49N3O. The van der Waals surface area contributed by atoms with Crippen LogP contribution in [0.4, 0.5) is 0 Å². The Morgan fingerprint density at radius 1 is 1.14 bits per heavy atom. The average molecular weight is 480 g/mol. The number of aromatic nitrogens is 2. The summed E-state index contributed by atoms with van der Waals surface area (Å²) in [5.74, 6) is 5.35. The maximum absolute atomic E-state index is 11.9. The van der Waals surface area contributed by atoms with Gasteiger partial charge in [0, 0.05) is 6.20 Å². The first kappa shape index (κ1) is 25.3. The van der Waals surface area contributed by atoms with Crippen LogP contribution in [0.3, 0.4) is 0 Å². The molecule has 4 fully saturated rings. The maximum Gasteiger partial charge on any atom is 0.102 e. The van der Waals surface area contributed by atoms with Crippen LogP contribution in [-0.2, 0) is 6.54 Å². The lowest BCUT2D eigenvalue weighted by molar-refractivity contribution is -0.189. The zero-order valence-corrected chi connectivity index (χ0v) is 23.0. The molecule has 0 saturated heterocycles. The van der Waals surface area contributed by atoms with Gasteiger partial charge in [-0.1, -0.05) is 53.4 Å². The lowest BCUT2D eigenvalue weighted by Crippen LogP contribution is -2.60. The third-order valence-electron chi connectivity index (χ3n) is 11.9. The van der Waals surface area contributed by atoms with Gasteiger partial charge in [0.2, 0.25) is 0 Å². The molecule has 0 aromatic carbocycles. The van der Waals surface area contributed by atoms with Gasteiger partial charge in [-0.3, -0.25) is 4.68 Å². The van der Waals surface area contributed by atoms with Crippen molar-refractivity contribution in [3.63, 3.8) is 0 Å². The Morgan fingerprint density at radius 3 is 2.63 bits per heavy atom. The van der Waals surface area contributed by atoms with Crippen LogP contribution in [-0.4, -0.2) is 20.5 Å². The minimum atomic E-state index is -0.819. The number of nitrogens with zero attached hydrogens (tertiary/aromatic N) is 3. The summed E-state index contributed by atoms with van der Waals surface area (Å²) < 4.78 is 1.79. The third kappa shape index (κ3) is 4.28. The largest absolute Gasteiger partial charge is 0.388 e. The van der Waals surface area contributed by atoms with Crippen LogP contribution in [0.1, 0.15) is 111 Å². The molecule has 0 bridgehead atoms. The number of nitriles is 1. The van der Waals surface area contributed by atoms with Crippen molar-refractivity contribution in [3.8, 4) is 6.07 Å². The summed E-state index contributed by atoms with van der Waals surface area (Å²) in [7, 11) is 0. The van der Waals surface area contributed by atoms with E-state index in [1.54, 1.807) is 17.1 Å². The Hall–Kier alpha value is -1.34. The van der Waals surface area contributed by atoms with Crippen LogP contribution < -0.4 is 0 Å². The first-order valence-electron chi connectivity index (χ1n) is 14.8. The molecule has 194 valence electrons. The molecule has 1 heterocycles. The highest BCUT2D eigenvalue weighted by Gasteiger charge is 2.61. The smallest absolute Gasteiger partial charge is 0.102 e. The van der Waals surface area contributed by atoms with E-state index >= 15 is 0 Å². The minimum absolute atomic E-state index is 0.181. The normalized spacial score (nSPS) is 44.9. The van der Waals surface area contributed by atoms with E-state index in [0.29, 0.717) is 17.5 Å². The standard InChI is InChI=1S/C31H49N3O/c1-6-7-22-9-10-26-24-13-15-30(4)27(31(5,35)20-34-19-23(17-32)18-33-34)11-8-21(2)28(30)25(24)12-14-29(26,3)16-22/h18-19,21-22,24-28,35H,6-16,20H2,1-5H3/t21-,22+,24?,25-,26-,27+,28?,29-,30-,31+/m1/s1. The molecule has 0 spiro atoms. The van der Waals surface area contributed by atoms with Gasteiger partial charge in [-0.05, 0) is 104 Å². The van der Waals surface area contributed by atoms with Crippen molar-refractivity contribution in [2.75, 3.05) is 0 Å². The molecule has 4 heteroatoms. The number of hydrogen-bond acceptors (Lipinski definition) is 3. The Labute approximate surface area is 213 Å². The van der Waals surface area contributed by atoms with Gasteiger partial charge < -0.3 is 5.11 Å². The first-order chi connectivity index (χ1) is 16.6. The van der Waals surface area contributed by atoms with Crippen LogP contribution in [0.2, 0.25) is 0 Å². The van der Waals surface area contributed by atoms with E-state index in [4.69, 9.17) is 0 Å². The van der Waals surface area contributed by atoms with E-state index in [2.05, 4.69) is 38.9 Å². The highest BCUT2D eigenvalue weighted by Crippen LogP contribution is 2.68. The molecule has 2 unspecified atom stereocenters. The molecule has 10 atom stereocenters. The average Bonchev–Trinajstić information content (AvgIpc) is 3.24. The Morgan fingerprint density at radius 2 is 1.91 bits per heavy atom. The zero-order chi connectivity index (χ0) is 25.0. The SMILES string of the molecule is CCC[C@H]1CC[C@@H]2C3CC[C@@]4(C)C([C@@H]3CC[C@]2(C)C1)[C@H](C)CC[C@@H]4[C@@](C)(O)Cn1cc(C#N)cn1. The van der Waals surface area contributed by atoms with Crippen molar-refractivity contribution in [1.82, 2.24) is 9.78 Å². The van der Waals surface area contributed by atoms with Crippen molar-refractivity contribution in [1.29, 1.82) is 5.26 Å². The Kier molecular flexibility index (Phi) is 6.65. The van der Waals surface area contributed by atoms with Gasteiger partial charge in [0.25, 0.3) is 0 Å². The van der Waals surface area contributed by atoms with Gasteiger partial charge in [0.05, 0.1) is 23.9 Å². The summed E-state index contributed by atoms with van der Waals surface area (Å²) in [5, 5.41) is 25.5. The number of rotatable bonds is 5. The summed E-state index contributed by atoms with van der Waals surface area (Å²) >= 11 is 0. The molecule has 1 aromatic heterocycles.